The first-order chi connectivity index (χ1) is 12.1. The molecule has 1 saturated heterocycles. The summed E-state index contributed by atoms with van der Waals surface area (Å²) in [6.07, 6.45) is -4.40. The summed E-state index contributed by atoms with van der Waals surface area (Å²) in [6.45, 7) is 5.85. The second-order valence-electron chi connectivity index (χ2n) is 6.36. The molecular weight excluding hydrogens is 349 g/mol. The number of aryl methyl sites for hydroxylation is 1. The summed E-state index contributed by atoms with van der Waals surface area (Å²) in [4.78, 5) is 24.6. The molecule has 0 spiro atoms. The van der Waals surface area contributed by atoms with Crippen molar-refractivity contribution in [2.75, 3.05) is 13.2 Å². The lowest BCUT2D eigenvalue weighted by atomic mass is 10.0. The summed E-state index contributed by atoms with van der Waals surface area (Å²) in [5.41, 5.74) is 1.71. The fraction of sp³-hybridized carbons (Fsp3) is 0.556. The van der Waals surface area contributed by atoms with Gasteiger partial charge >= 0.3 is 12.1 Å². The van der Waals surface area contributed by atoms with Gasteiger partial charge in [-0.1, -0.05) is 17.7 Å². The van der Waals surface area contributed by atoms with Crippen LogP contribution in [0.15, 0.2) is 18.2 Å². The zero-order valence-electron chi connectivity index (χ0n) is 15.0. The maximum atomic E-state index is 12.7. The van der Waals surface area contributed by atoms with E-state index in [2.05, 4.69) is 5.32 Å². The summed E-state index contributed by atoms with van der Waals surface area (Å²) in [6, 6.07) is 3.97. The first-order valence-corrected chi connectivity index (χ1v) is 8.56. The lowest BCUT2D eigenvalue weighted by Crippen LogP contribution is -2.50. The van der Waals surface area contributed by atoms with Gasteiger partial charge in [0.25, 0.3) is 0 Å². The van der Waals surface area contributed by atoms with Gasteiger partial charge in [0.15, 0.2) is 0 Å². The number of likely N-dealkylation sites (tertiary alicyclic amines) is 1. The minimum Gasteiger partial charge on any atom is -0.494 e. The Balaban J connectivity index is 2.14. The Bertz CT molecular complexity index is 676. The van der Waals surface area contributed by atoms with Crippen molar-refractivity contribution in [1.82, 2.24) is 10.2 Å². The van der Waals surface area contributed by atoms with Crippen molar-refractivity contribution in [1.29, 1.82) is 0 Å². The first kappa shape index (κ1) is 20.1. The third-order valence-corrected chi connectivity index (χ3v) is 4.35. The van der Waals surface area contributed by atoms with Gasteiger partial charge in [0, 0.05) is 12.1 Å². The van der Waals surface area contributed by atoms with Crippen LogP contribution in [0.5, 0.6) is 5.75 Å². The molecule has 26 heavy (non-hydrogen) atoms. The smallest absolute Gasteiger partial charge is 0.471 e. The molecule has 2 unspecified atom stereocenters. The Morgan fingerprint density at radius 1 is 1.38 bits per heavy atom. The van der Waals surface area contributed by atoms with Crippen LogP contribution in [0.2, 0.25) is 0 Å². The second-order valence-corrected chi connectivity index (χ2v) is 6.36. The maximum absolute atomic E-state index is 12.7. The number of hydrogen-bond acceptors (Lipinski definition) is 3. The van der Waals surface area contributed by atoms with E-state index in [0.717, 1.165) is 11.1 Å². The number of amides is 2. The van der Waals surface area contributed by atoms with Gasteiger partial charge in [-0.15, -0.1) is 0 Å². The lowest BCUT2D eigenvalue weighted by molar-refractivity contribution is -0.186. The predicted molar refractivity (Wildman–Crippen MR) is 89.7 cm³/mol. The summed E-state index contributed by atoms with van der Waals surface area (Å²) in [5, 5.41) is 2.72. The molecule has 5 nitrogen and oxygen atoms in total. The van der Waals surface area contributed by atoms with E-state index in [4.69, 9.17) is 4.74 Å². The van der Waals surface area contributed by atoms with Gasteiger partial charge < -0.3 is 15.0 Å². The summed E-state index contributed by atoms with van der Waals surface area (Å²) < 4.78 is 43.7. The fourth-order valence-corrected chi connectivity index (χ4v) is 3.13. The standard InChI is InChI=1S/C18H23F3N2O3/c1-4-26-15-8-7-11(2)10-13(15)12(3)22-16(24)14-6-5-9-23(14)17(25)18(19,20)21/h7-8,10,12,14H,4-6,9H2,1-3H3,(H,22,24). The number of carbonyl (C=O) groups excluding carboxylic acids is 2. The highest BCUT2D eigenvalue weighted by Crippen LogP contribution is 2.29. The van der Waals surface area contributed by atoms with Crippen molar-refractivity contribution in [2.45, 2.75) is 51.9 Å². The van der Waals surface area contributed by atoms with Crippen molar-refractivity contribution < 1.29 is 27.5 Å². The highest BCUT2D eigenvalue weighted by Gasteiger charge is 2.47. The van der Waals surface area contributed by atoms with E-state index in [1.54, 1.807) is 13.0 Å². The first-order valence-electron chi connectivity index (χ1n) is 8.56. The largest absolute Gasteiger partial charge is 0.494 e. The summed E-state index contributed by atoms with van der Waals surface area (Å²) in [5.74, 6) is -1.94. The predicted octanol–water partition coefficient (Wildman–Crippen LogP) is 3.12. The molecule has 1 heterocycles. The van der Waals surface area contributed by atoms with Crippen LogP contribution in [0, 0.1) is 6.92 Å². The van der Waals surface area contributed by atoms with Crippen LogP contribution in [0.4, 0.5) is 13.2 Å². The molecule has 2 amide bonds. The Morgan fingerprint density at radius 3 is 2.69 bits per heavy atom. The molecule has 0 aromatic heterocycles. The second kappa shape index (κ2) is 7.97. The van der Waals surface area contributed by atoms with Crippen LogP contribution < -0.4 is 10.1 Å². The highest BCUT2D eigenvalue weighted by molar-refractivity contribution is 5.90. The normalized spacial score (nSPS) is 18.5. The number of carbonyl (C=O) groups is 2. The van der Waals surface area contributed by atoms with Crippen molar-refractivity contribution in [3.8, 4) is 5.75 Å². The molecule has 0 bridgehead atoms. The van der Waals surface area contributed by atoms with E-state index in [1.165, 1.54) is 0 Å². The van der Waals surface area contributed by atoms with Crippen LogP contribution >= 0.6 is 0 Å². The summed E-state index contributed by atoms with van der Waals surface area (Å²) in [7, 11) is 0. The Morgan fingerprint density at radius 2 is 2.08 bits per heavy atom. The zero-order chi connectivity index (χ0) is 19.5. The SMILES string of the molecule is CCOc1ccc(C)cc1C(C)NC(=O)C1CCCN1C(=O)C(F)(F)F. The molecule has 8 heteroatoms. The molecule has 1 aromatic rings. The third kappa shape index (κ3) is 4.47. The number of halogens is 3. The van der Waals surface area contributed by atoms with Gasteiger partial charge in [0.05, 0.1) is 12.6 Å². The monoisotopic (exact) mass is 372 g/mol. The van der Waals surface area contributed by atoms with E-state index >= 15 is 0 Å². The Hall–Kier alpha value is -2.25. The van der Waals surface area contributed by atoms with Crippen molar-refractivity contribution in [2.24, 2.45) is 0 Å². The molecule has 0 aliphatic carbocycles. The highest BCUT2D eigenvalue weighted by atomic mass is 19.4. The minimum absolute atomic E-state index is 0.0700. The topological polar surface area (TPSA) is 58.6 Å². The van der Waals surface area contributed by atoms with Gasteiger partial charge in [-0.2, -0.15) is 13.2 Å². The molecule has 1 aliphatic heterocycles. The van der Waals surface area contributed by atoms with E-state index in [9.17, 15) is 22.8 Å². The molecule has 1 aliphatic rings. The average Bonchev–Trinajstić information content (AvgIpc) is 3.04. The molecule has 0 radical (unpaired) electrons. The maximum Gasteiger partial charge on any atom is 0.471 e. The van der Waals surface area contributed by atoms with E-state index in [-0.39, 0.29) is 13.0 Å². The van der Waals surface area contributed by atoms with E-state index < -0.39 is 30.1 Å². The molecule has 2 rings (SSSR count). The molecule has 1 aromatic carbocycles. The average molecular weight is 372 g/mol. The molecule has 0 saturated carbocycles. The van der Waals surface area contributed by atoms with Crippen LogP contribution in [0.1, 0.15) is 43.9 Å². The zero-order valence-corrected chi connectivity index (χ0v) is 15.0. The van der Waals surface area contributed by atoms with Gasteiger partial charge in [-0.25, -0.2) is 0 Å². The van der Waals surface area contributed by atoms with Gasteiger partial charge in [0.1, 0.15) is 11.8 Å². The number of nitrogens with one attached hydrogen (secondary N) is 1. The number of nitrogens with zero attached hydrogens (tertiary/aromatic N) is 1. The number of rotatable bonds is 5. The van der Waals surface area contributed by atoms with Crippen molar-refractivity contribution >= 4 is 11.8 Å². The van der Waals surface area contributed by atoms with Gasteiger partial charge in [0.2, 0.25) is 5.91 Å². The third-order valence-electron chi connectivity index (χ3n) is 4.35. The van der Waals surface area contributed by atoms with Crippen LogP contribution in [0.3, 0.4) is 0 Å². The summed E-state index contributed by atoms with van der Waals surface area (Å²) >= 11 is 0. The van der Waals surface area contributed by atoms with E-state index in [0.29, 0.717) is 23.7 Å². The number of benzene rings is 1. The van der Waals surface area contributed by atoms with Crippen LogP contribution in [0.25, 0.3) is 0 Å². The van der Waals surface area contributed by atoms with Crippen molar-refractivity contribution in [3.05, 3.63) is 29.3 Å². The van der Waals surface area contributed by atoms with Crippen molar-refractivity contribution in [3.63, 3.8) is 0 Å². The molecule has 1 N–H and O–H groups in total. The number of ether oxygens (including phenoxy) is 1. The van der Waals surface area contributed by atoms with Crippen LogP contribution in [-0.4, -0.2) is 42.1 Å². The van der Waals surface area contributed by atoms with Gasteiger partial charge in [-0.05, 0) is 39.7 Å². The number of alkyl halides is 3. The lowest BCUT2D eigenvalue weighted by Gasteiger charge is -2.26. The minimum atomic E-state index is -4.98. The molecule has 2 atom stereocenters. The Labute approximate surface area is 150 Å². The van der Waals surface area contributed by atoms with Gasteiger partial charge in [-0.3, -0.25) is 9.59 Å². The fourth-order valence-electron chi connectivity index (χ4n) is 3.13. The molecule has 1 fully saturated rings. The Kier molecular flexibility index (Phi) is 6.15. The van der Waals surface area contributed by atoms with Crippen LogP contribution in [-0.2, 0) is 9.59 Å². The van der Waals surface area contributed by atoms with E-state index in [1.807, 2.05) is 26.0 Å². The number of hydrogen-bond donors (Lipinski definition) is 1. The molecular formula is C18H23F3N2O3. The molecule has 144 valence electrons. The quantitative estimate of drug-likeness (QED) is 0.864.